The summed E-state index contributed by atoms with van der Waals surface area (Å²) in [5, 5.41) is 10.3. The zero-order valence-corrected chi connectivity index (χ0v) is 8.75. The number of amides is 1. The lowest BCUT2D eigenvalue weighted by Gasteiger charge is -2.37. The van der Waals surface area contributed by atoms with E-state index in [1.54, 1.807) is 0 Å². The molecule has 4 N–H and O–H groups in total. The minimum atomic E-state index is -0.648. The average Bonchev–Trinajstić information content (AvgIpc) is 2.18. The molecule has 1 aliphatic rings. The lowest BCUT2D eigenvalue weighted by Crippen LogP contribution is -2.42. The van der Waals surface area contributed by atoms with Gasteiger partial charge in [-0.15, -0.1) is 0 Å². The van der Waals surface area contributed by atoms with Crippen molar-refractivity contribution in [1.82, 2.24) is 5.43 Å². The van der Waals surface area contributed by atoms with Crippen molar-refractivity contribution in [3.63, 3.8) is 0 Å². The van der Waals surface area contributed by atoms with Crippen molar-refractivity contribution in [2.75, 3.05) is 0 Å². The van der Waals surface area contributed by atoms with Gasteiger partial charge in [-0.1, -0.05) is 26.2 Å². The zero-order chi connectivity index (χ0) is 10.6. The summed E-state index contributed by atoms with van der Waals surface area (Å²) in [5.41, 5.74) is 1.45. The van der Waals surface area contributed by atoms with E-state index < -0.39 is 5.60 Å². The van der Waals surface area contributed by atoms with Crippen LogP contribution in [0.5, 0.6) is 0 Å². The number of hydrogen-bond acceptors (Lipinski definition) is 3. The van der Waals surface area contributed by atoms with Gasteiger partial charge < -0.3 is 5.11 Å². The number of carbonyl (C=O) groups excluding carboxylic acids is 1. The Bertz CT molecular complexity index is 200. The van der Waals surface area contributed by atoms with Crippen LogP contribution in [0.25, 0.3) is 0 Å². The van der Waals surface area contributed by atoms with Crippen molar-refractivity contribution in [1.29, 1.82) is 0 Å². The van der Waals surface area contributed by atoms with E-state index in [1.807, 2.05) is 6.92 Å². The van der Waals surface area contributed by atoms with Crippen LogP contribution in [0.4, 0.5) is 0 Å². The van der Waals surface area contributed by atoms with E-state index in [0.717, 1.165) is 25.7 Å². The molecule has 0 aromatic carbocycles. The molecule has 1 atom stereocenters. The zero-order valence-electron chi connectivity index (χ0n) is 8.75. The standard InChI is InChI=1S/C10H20N2O2/c1-8(7-9(13)12-11)10(14)5-3-2-4-6-10/h8,14H,2-7,11H2,1H3,(H,12,13). The van der Waals surface area contributed by atoms with Crippen LogP contribution in [0.15, 0.2) is 0 Å². The van der Waals surface area contributed by atoms with Gasteiger partial charge in [0, 0.05) is 6.42 Å². The molecule has 0 aromatic heterocycles. The largest absolute Gasteiger partial charge is 0.390 e. The molecular formula is C10H20N2O2. The Balaban J connectivity index is 2.48. The SMILES string of the molecule is CC(CC(=O)NN)C1(O)CCCCC1. The molecule has 4 nitrogen and oxygen atoms in total. The number of nitrogens with two attached hydrogens (primary N) is 1. The minimum Gasteiger partial charge on any atom is -0.390 e. The highest BCUT2D eigenvalue weighted by Crippen LogP contribution is 2.35. The fourth-order valence-corrected chi connectivity index (χ4v) is 2.18. The minimum absolute atomic E-state index is 0.00801. The van der Waals surface area contributed by atoms with Crippen LogP contribution in [0.3, 0.4) is 0 Å². The molecule has 4 heteroatoms. The van der Waals surface area contributed by atoms with Gasteiger partial charge in [-0.25, -0.2) is 5.84 Å². The summed E-state index contributed by atoms with van der Waals surface area (Å²) in [6.45, 7) is 1.92. The smallest absolute Gasteiger partial charge is 0.234 e. The number of carbonyl (C=O) groups is 1. The van der Waals surface area contributed by atoms with Crippen LogP contribution in [-0.4, -0.2) is 16.6 Å². The van der Waals surface area contributed by atoms with E-state index in [1.165, 1.54) is 6.42 Å². The number of nitrogens with one attached hydrogen (secondary N) is 1. The Morgan fingerprint density at radius 3 is 2.57 bits per heavy atom. The Morgan fingerprint density at radius 2 is 2.07 bits per heavy atom. The van der Waals surface area contributed by atoms with Gasteiger partial charge in [-0.3, -0.25) is 10.2 Å². The Labute approximate surface area is 84.8 Å². The van der Waals surface area contributed by atoms with Crippen molar-refractivity contribution in [3.05, 3.63) is 0 Å². The summed E-state index contributed by atoms with van der Waals surface area (Å²) >= 11 is 0. The van der Waals surface area contributed by atoms with E-state index >= 15 is 0 Å². The molecule has 0 spiro atoms. The second-order valence-electron chi connectivity index (χ2n) is 4.34. The van der Waals surface area contributed by atoms with E-state index in [4.69, 9.17) is 5.84 Å². The molecular weight excluding hydrogens is 180 g/mol. The van der Waals surface area contributed by atoms with Gasteiger partial charge in [0.15, 0.2) is 0 Å². The van der Waals surface area contributed by atoms with Gasteiger partial charge in [0.2, 0.25) is 5.91 Å². The highest BCUT2D eigenvalue weighted by molar-refractivity contribution is 5.75. The van der Waals surface area contributed by atoms with Crippen LogP contribution >= 0.6 is 0 Å². The Hall–Kier alpha value is -0.610. The molecule has 0 radical (unpaired) electrons. The molecule has 1 unspecified atom stereocenters. The predicted molar refractivity (Wildman–Crippen MR) is 54.1 cm³/mol. The third-order valence-corrected chi connectivity index (χ3v) is 3.29. The fraction of sp³-hybridized carbons (Fsp3) is 0.900. The summed E-state index contributed by atoms with van der Waals surface area (Å²) in [6.07, 6.45) is 5.25. The summed E-state index contributed by atoms with van der Waals surface area (Å²) in [4.78, 5) is 11.1. The second-order valence-corrected chi connectivity index (χ2v) is 4.34. The van der Waals surface area contributed by atoms with Gasteiger partial charge in [0.1, 0.15) is 0 Å². The predicted octanol–water partition coefficient (Wildman–Crippen LogP) is 0.698. The first kappa shape index (κ1) is 11.5. The molecule has 82 valence electrons. The molecule has 1 aliphatic carbocycles. The summed E-state index contributed by atoms with van der Waals surface area (Å²) < 4.78 is 0. The molecule has 1 rings (SSSR count). The first-order valence-electron chi connectivity index (χ1n) is 5.30. The van der Waals surface area contributed by atoms with Crippen LogP contribution in [0.1, 0.15) is 45.4 Å². The molecule has 0 saturated heterocycles. The van der Waals surface area contributed by atoms with Crippen molar-refractivity contribution < 1.29 is 9.90 Å². The monoisotopic (exact) mass is 200 g/mol. The number of aliphatic hydroxyl groups is 1. The van der Waals surface area contributed by atoms with Crippen molar-refractivity contribution in [2.24, 2.45) is 11.8 Å². The first-order valence-corrected chi connectivity index (χ1v) is 5.30. The van der Waals surface area contributed by atoms with E-state index in [2.05, 4.69) is 5.43 Å². The maximum Gasteiger partial charge on any atom is 0.234 e. The molecule has 1 fully saturated rings. The lowest BCUT2D eigenvalue weighted by atomic mass is 9.75. The van der Waals surface area contributed by atoms with E-state index in [9.17, 15) is 9.90 Å². The topological polar surface area (TPSA) is 75.4 Å². The highest BCUT2D eigenvalue weighted by atomic mass is 16.3. The number of hydrazine groups is 1. The third-order valence-electron chi connectivity index (χ3n) is 3.29. The lowest BCUT2D eigenvalue weighted by molar-refractivity contribution is -0.125. The molecule has 1 saturated carbocycles. The molecule has 0 bridgehead atoms. The van der Waals surface area contributed by atoms with Gasteiger partial charge in [-0.2, -0.15) is 0 Å². The fourth-order valence-electron chi connectivity index (χ4n) is 2.18. The normalized spacial score (nSPS) is 22.8. The van der Waals surface area contributed by atoms with Gasteiger partial charge >= 0.3 is 0 Å². The van der Waals surface area contributed by atoms with Crippen LogP contribution in [-0.2, 0) is 4.79 Å². The maximum absolute atomic E-state index is 11.1. The quantitative estimate of drug-likeness (QED) is 0.356. The Kier molecular flexibility index (Phi) is 3.89. The van der Waals surface area contributed by atoms with E-state index in [-0.39, 0.29) is 11.8 Å². The van der Waals surface area contributed by atoms with Crippen molar-refractivity contribution in [3.8, 4) is 0 Å². The van der Waals surface area contributed by atoms with Crippen molar-refractivity contribution >= 4 is 5.91 Å². The van der Waals surface area contributed by atoms with Gasteiger partial charge in [0.05, 0.1) is 5.60 Å². The Morgan fingerprint density at radius 1 is 1.50 bits per heavy atom. The second kappa shape index (κ2) is 4.75. The maximum atomic E-state index is 11.1. The van der Waals surface area contributed by atoms with E-state index in [0.29, 0.717) is 6.42 Å². The molecule has 1 amide bonds. The van der Waals surface area contributed by atoms with Crippen LogP contribution < -0.4 is 11.3 Å². The molecule has 0 aromatic rings. The molecule has 0 heterocycles. The van der Waals surface area contributed by atoms with Crippen LogP contribution in [0.2, 0.25) is 0 Å². The molecule has 14 heavy (non-hydrogen) atoms. The van der Waals surface area contributed by atoms with Gasteiger partial charge in [-0.05, 0) is 18.8 Å². The van der Waals surface area contributed by atoms with Crippen molar-refractivity contribution in [2.45, 2.75) is 51.0 Å². The summed E-state index contributed by atoms with van der Waals surface area (Å²) in [7, 11) is 0. The average molecular weight is 200 g/mol. The number of hydrogen-bond donors (Lipinski definition) is 3. The first-order chi connectivity index (χ1) is 6.58. The third kappa shape index (κ3) is 2.69. The highest BCUT2D eigenvalue weighted by Gasteiger charge is 2.35. The van der Waals surface area contributed by atoms with Crippen LogP contribution in [0, 0.1) is 5.92 Å². The summed E-state index contributed by atoms with van der Waals surface area (Å²) in [6, 6.07) is 0. The summed E-state index contributed by atoms with van der Waals surface area (Å²) in [5.74, 6) is 4.81. The van der Waals surface area contributed by atoms with Gasteiger partial charge in [0.25, 0.3) is 0 Å². The number of rotatable bonds is 3. The molecule has 0 aliphatic heterocycles.